The van der Waals surface area contributed by atoms with Gasteiger partial charge in [0.15, 0.2) is 0 Å². The first-order chi connectivity index (χ1) is 8.96. The zero-order valence-corrected chi connectivity index (χ0v) is 12.8. The average molecular weight is 284 g/mol. The summed E-state index contributed by atoms with van der Waals surface area (Å²) in [6.07, 6.45) is 6.15. The maximum atomic E-state index is 11.2. The van der Waals surface area contributed by atoms with Gasteiger partial charge < -0.3 is 9.79 Å². The molecule has 1 aromatic rings. The SMILES string of the molecule is CCCCc1ccc(CCCC)c(CP(=O)(O)O)c1. The molecular formula is C15H25O3P. The van der Waals surface area contributed by atoms with Crippen LogP contribution in [0.5, 0.6) is 0 Å². The van der Waals surface area contributed by atoms with Gasteiger partial charge in [-0.3, -0.25) is 4.57 Å². The van der Waals surface area contributed by atoms with E-state index >= 15 is 0 Å². The van der Waals surface area contributed by atoms with Crippen molar-refractivity contribution in [2.75, 3.05) is 0 Å². The van der Waals surface area contributed by atoms with Crippen LogP contribution in [0.4, 0.5) is 0 Å². The van der Waals surface area contributed by atoms with E-state index in [0.717, 1.165) is 49.7 Å². The molecule has 0 unspecified atom stereocenters. The molecule has 0 fully saturated rings. The summed E-state index contributed by atoms with van der Waals surface area (Å²) in [5.41, 5.74) is 3.10. The van der Waals surface area contributed by atoms with Crippen LogP contribution in [0.2, 0.25) is 0 Å². The Morgan fingerprint density at radius 2 is 1.63 bits per heavy atom. The normalized spacial score (nSPS) is 11.8. The van der Waals surface area contributed by atoms with E-state index in [2.05, 4.69) is 19.9 Å². The molecule has 19 heavy (non-hydrogen) atoms. The molecule has 0 radical (unpaired) electrons. The largest absolute Gasteiger partial charge is 0.329 e. The fourth-order valence-electron chi connectivity index (χ4n) is 2.20. The van der Waals surface area contributed by atoms with E-state index in [1.54, 1.807) is 0 Å². The Morgan fingerprint density at radius 1 is 1.00 bits per heavy atom. The van der Waals surface area contributed by atoms with E-state index in [0.29, 0.717) is 0 Å². The maximum absolute atomic E-state index is 11.2. The molecule has 0 spiro atoms. The molecule has 0 amide bonds. The van der Waals surface area contributed by atoms with Gasteiger partial charge in [-0.15, -0.1) is 0 Å². The van der Waals surface area contributed by atoms with Gasteiger partial charge in [0.2, 0.25) is 0 Å². The molecule has 0 aromatic heterocycles. The molecule has 2 N–H and O–H groups in total. The fourth-order valence-corrected chi connectivity index (χ4v) is 2.93. The van der Waals surface area contributed by atoms with E-state index in [9.17, 15) is 14.4 Å². The Balaban J connectivity index is 2.93. The van der Waals surface area contributed by atoms with E-state index in [-0.39, 0.29) is 6.16 Å². The van der Waals surface area contributed by atoms with Crippen molar-refractivity contribution in [2.45, 2.75) is 58.5 Å². The van der Waals surface area contributed by atoms with Crippen LogP contribution in [-0.2, 0) is 23.6 Å². The van der Waals surface area contributed by atoms with E-state index in [1.165, 1.54) is 5.56 Å². The highest BCUT2D eigenvalue weighted by atomic mass is 31.2. The number of benzene rings is 1. The van der Waals surface area contributed by atoms with Crippen LogP contribution in [0.1, 0.15) is 56.2 Å². The van der Waals surface area contributed by atoms with Crippen molar-refractivity contribution in [1.29, 1.82) is 0 Å². The zero-order valence-electron chi connectivity index (χ0n) is 11.9. The summed E-state index contributed by atoms with van der Waals surface area (Å²) in [6, 6.07) is 6.13. The topological polar surface area (TPSA) is 57.5 Å². The number of unbranched alkanes of at least 4 members (excludes halogenated alkanes) is 2. The standard InChI is InChI=1S/C15H25O3P/c1-3-5-7-13-9-10-14(8-6-4-2)15(11-13)12-19(16,17)18/h9-11H,3-8,12H2,1-2H3,(H2,16,17,18). The lowest BCUT2D eigenvalue weighted by Crippen LogP contribution is -1.98. The van der Waals surface area contributed by atoms with Crippen LogP contribution >= 0.6 is 7.60 Å². The lowest BCUT2D eigenvalue weighted by atomic mass is 9.98. The molecule has 108 valence electrons. The van der Waals surface area contributed by atoms with Gasteiger partial charge in [-0.2, -0.15) is 0 Å². The number of hydrogen-bond donors (Lipinski definition) is 2. The molecule has 4 heteroatoms. The summed E-state index contributed by atoms with van der Waals surface area (Å²) in [7, 11) is -3.99. The summed E-state index contributed by atoms with van der Waals surface area (Å²) in [4.78, 5) is 18.4. The monoisotopic (exact) mass is 284 g/mol. The van der Waals surface area contributed by atoms with E-state index in [4.69, 9.17) is 0 Å². The summed E-state index contributed by atoms with van der Waals surface area (Å²) in [5.74, 6) is 0. The number of rotatable bonds is 8. The molecule has 0 atom stereocenters. The summed E-state index contributed by atoms with van der Waals surface area (Å²) >= 11 is 0. The van der Waals surface area contributed by atoms with Crippen molar-refractivity contribution in [2.24, 2.45) is 0 Å². The highest BCUT2D eigenvalue weighted by Gasteiger charge is 2.17. The van der Waals surface area contributed by atoms with Crippen molar-refractivity contribution in [1.82, 2.24) is 0 Å². The summed E-state index contributed by atoms with van der Waals surface area (Å²) in [5, 5.41) is 0. The van der Waals surface area contributed by atoms with Crippen LogP contribution < -0.4 is 0 Å². The first-order valence-electron chi connectivity index (χ1n) is 7.11. The molecule has 0 saturated carbocycles. The van der Waals surface area contributed by atoms with Crippen LogP contribution in [0.15, 0.2) is 18.2 Å². The quantitative estimate of drug-likeness (QED) is 0.708. The van der Waals surface area contributed by atoms with Crippen LogP contribution in [0.25, 0.3) is 0 Å². The molecule has 0 aliphatic rings. The molecule has 0 aliphatic carbocycles. The predicted molar refractivity (Wildman–Crippen MR) is 79.4 cm³/mol. The van der Waals surface area contributed by atoms with Gasteiger partial charge in [0.1, 0.15) is 0 Å². The smallest absolute Gasteiger partial charge is 0.324 e. The fraction of sp³-hybridized carbons (Fsp3) is 0.600. The van der Waals surface area contributed by atoms with Crippen molar-refractivity contribution >= 4 is 7.60 Å². The van der Waals surface area contributed by atoms with E-state index in [1.807, 2.05) is 12.1 Å². The first-order valence-corrected chi connectivity index (χ1v) is 8.91. The van der Waals surface area contributed by atoms with Crippen molar-refractivity contribution < 1.29 is 14.4 Å². The second kappa shape index (κ2) is 7.84. The average Bonchev–Trinajstić information content (AvgIpc) is 2.33. The molecule has 0 aliphatic heterocycles. The minimum absolute atomic E-state index is 0.133. The molecule has 0 heterocycles. The predicted octanol–water partition coefficient (Wildman–Crippen LogP) is 4.05. The highest BCUT2D eigenvalue weighted by Crippen LogP contribution is 2.40. The lowest BCUT2D eigenvalue weighted by molar-refractivity contribution is 0.371. The molecule has 0 saturated heterocycles. The third-order valence-electron chi connectivity index (χ3n) is 3.27. The van der Waals surface area contributed by atoms with Gasteiger partial charge in [0.05, 0.1) is 6.16 Å². The molecular weight excluding hydrogens is 259 g/mol. The minimum atomic E-state index is -3.99. The Hall–Kier alpha value is -0.630. The van der Waals surface area contributed by atoms with Gasteiger partial charge in [-0.1, -0.05) is 44.9 Å². The number of hydrogen-bond acceptors (Lipinski definition) is 1. The van der Waals surface area contributed by atoms with Gasteiger partial charge in [0, 0.05) is 0 Å². The zero-order chi connectivity index (χ0) is 14.3. The Kier molecular flexibility index (Phi) is 6.78. The molecule has 1 rings (SSSR count). The number of aryl methyl sites for hydroxylation is 2. The summed E-state index contributed by atoms with van der Waals surface area (Å²) in [6.45, 7) is 4.27. The molecule has 0 bridgehead atoms. The second-order valence-corrected chi connectivity index (χ2v) is 6.78. The lowest BCUT2D eigenvalue weighted by Gasteiger charge is -2.12. The van der Waals surface area contributed by atoms with Gasteiger partial charge >= 0.3 is 7.60 Å². The Labute approximate surface area is 116 Å². The minimum Gasteiger partial charge on any atom is -0.324 e. The van der Waals surface area contributed by atoms with E-state index < -0.39 is 7.60 Å². The van der Waals surface area contributed by atoms with Crippen LogP contribution in [-0.4, -0.2) is 9.79 Å². The maximum Gasteiger partial charge on any atom is 0.329 e. The van der Waals surface area contributed by atoms with Crippen molar-refractivity contribution in [3.05, 3.63) is 34.9 Å². The third-order valence-corrected chi connectivity index (χ3v) is 4.02. The van der Waals surface area contributed by atoms with Crippen LogP contribution in [0.3, 0.4) is 0 Å². The molecule has 1 aromatic carbocycles. The van der Waals surface area contributed by atoms with Gasteiger partial charge in [-0.05, 0) is 42.4 Å². The third kappa shape index (κ3) is 6.38. The van der Waals surface area contributed by atoms with Crippen LogP contribution in [0, 0.1) is 0 Å². The van der Waals surface area contributed by atoms with Crippen molar-refractivity contribution in [3.63, 3.8) is 0 Å². The second-order valence-electron chi connectivity index (χ2n) is 5.13. The Morgan fingerprint density at radius 3 is 2.21 bits per heavy atom. The van der Waals surface area contributed by atoms with Gasteiger partial charge in [0.25, 0.3) is 0 Å². The molecule has 3 nitrogen and oxygen atoms in total. The highest BCUT2D eigenvalue weighted by molar-refractivity contribution is 7.50. The van der Waals surface area contributed by atoms with Gasteiger partial charge in [-0.25, -0.2) is 0 Å². The summed E-state index contributed by atoms with van der Waals surface area (Å²) < 4.78 is 11.2. The van der Waals surface area contributed by atoms with Crippen molar-refractivity contribution in [3.8, 4) is 0 Å². The first kappa shape index (κ1) is 16.4. The Bertz CT molecular complexity index is 437.